The lowest BCUT2D eigenvalue weighted by molar-refractivity contribution is 0.0447. The molecule has 134 valence electrons. The minimum absolute atomic E-state index is 0.00905. The van der Waals surface area contributed by atoms with Gasteiger partial charge in [-0.1, -0.05) is 20.8 Å². The summed E-state index contributed by atoms with van der Waals surface area (Å²) in [6, 6.07) is 8.59. The number of aromatic hydroxyl groups is 3. The van der Waals surface area contributed by atoms with E-state index >= 15 is 0 Å². The average molecular weight is 346 g/mol. The first-order chi connectivity index (χ1) is 11.7. The van der Waals surface area contributed by atoms with Crippen LogP contribution in [0.5, 0.6) is 23.0 Å². The fourth-order valence-corrected chi connectivity index (χ4v) is 2.27. The van der Waals surface area contributed by atoms with Crippen molar-refractivity contribution in [1.82, 2.24) is 0 Å². The summed E-state index contributed by atoms with van der Waals surface area (Å²) < 4.78 is 10.6. The molecule has 25 heavy (non-hydrogen) atoms. The molecule has 0 aliphatic carbocycles. The third-order valence-electron chi connectivity index (χ3n) is 3.56. The van der Waals surface area contributed by atoms with E-state index in [4.69, 9.17) is 9.47 Å². The maximum atomic E-state index is 11.9. The Kier molecular flexibility index (Phi) is 5.41. The van der Waals surface area contributed by atoms with E-state index in [1.54, 1.807) is 18.2 Å². The molecule has 0 unspecified atom stereocenters. The highest BCUT2D eigenvalue weighted by Crippen LogP contribution is 2.33. The Morgan fingerprint density at radius 3 is 2.32 bits per heavy atom. The first kappa shape index (κ1) is 18.4. The molecule has 0 fully saturated rings. The number of esters is 1. The molecule has 0 spiro atoms. The van der Waals surface area contributed by atoms with Crippen LogP contribution in [0.2, 0.25) is 0 Å². The molecule has 2 rings (SSSR count). The molecular formula is C19H22O6. The SMILES string of the molecule is CC(C)(C)c1cc(OCCOC(=O)c2ccc(O)cc2O)ccc1O. The van der Waals surface area contributed by atoms with Crippen LogP contribution in [0.3, 0.4) is 0 Å². The van der Waals surface area contributed by atoms with Crippen LogP contribution in [0.1, 0.15) is 36.7 Å². The van der Waals surface area contributed by atoms with Crippen molar-refractivity contribution in [3.05, 3.63) is 47.5 Å². The van der Waals surface area contributed by atoms with Gasteiger partial charge in [-0.15, -0.1) is 0 Å². The van der Waals surface area contributed by atoms with E-state index in [0.29, 0.717) is 5.75 Å². The van der Waals surface area contributed by atoms with E-state index in [-0.39, 0.29) is 41.4 Å². The number of hydrogen-bond acceptors (Lipinski definition) is 6. The summed E-state index contributed by atoms with van der Waals surface area (Å²) in [6.07, 6.45) is 0. The van der Waals surface area contributed by atoms with E-state index in [1.807, 2.05) is 20.8 Å². The Hall–Kier alpha value is -2.89. The maximum Gasteiger partial charge on any atom is 0.342 e. The summed E-state index contributed by atoms with van der Waals surface area (Å²) in [7, 11) is 0. The highest BCUT2D eigenvalue weighted by molar-refractivity contribution is 5.92. The third-order valence-corrected chi connectivity index (χ3v) is 3.56. The van der Waals surface area contributed by atoms with Crippen molar-refractivity contribution in [2.75, 3.05) is 13.2 Å². The number of hydrogen-bond donors (Lipinski definition) is 3. The molecule has 0 amide bonds. The first-order valence-corrected chi connectivity index (χ1v) is 7.84. The summed E-state index contributed by atoms with van der Waals surface area (Å²) in [5.74, 6) is -0.429. The van der Waals surface area contributed by atoms with Crippen molar-refractivity contribution >= 4 is 5.97 Å². The van der Waals surface area contributed by atoms with E-state index in [0.717, 1.165) is 11.6 Å². The highest BCUT2D eigenvalue weighted by Gasteiger charge is 2.19. The van der Waals surface area contributed by atoms with Crippen LogP contribution in [0.25, 0.3) is 0 Å². The molecular weight excluding hydrogens is 324 g/mol. The Morgan fingerprint density at radius 1 is 0.960 bits per heavy atom. The van der Waals surface area contributed by atoms with Gasteiger partial charge in [0.05, 0.1) is 0 Å². The van der Waals surface area contributed by atoms with E-state index in [9.17, 15) is 20.1 Å². The van der Waals surface area contributed by atoms with E-state index in [1.165, 1.54) is 12.1 Å². The fraction of sp³-hybridized carbons (Fsp3) is 0.316. The highest BCUT2D eigenvalue weighted by atomic mass is 16.6. The number of benzene rings is 2. The van der Waals surface area contributed by atoms with Gasteiger partial charge in [0.2, 0.25) is 0 Å². The minimum atomic E-state index is -0.706. The molecule has 0 aromatic heterocycles. The van der Waals surface area contributed by atoms with Gasteiger partial charge in [0.1, 0.15) is 41.8 Å². The summed E-state index contributed by atoms with van der Waals surface area (Å²) in [5.41, 5.74) is 0.500. The van der Waals surface area contributed by atoms with Gasteiger partial charge in [0.15, 0.2) is 0 Å². The topological polar surface area (TPSA) is 96.2 Å². The van der Waals surface area contributed by atoms with Crippen molar-refractivity contribution in [2.24, 2.45) is 0 Å². The van der Waals surface area contributed by atoms with Crippen LogP contribution in [-0.2, 0) is 10.2 Å². The van der Waals surface area contributed by atoms with Crippen molar-refractivity contribution < 1.29 is 29.6 Å². The van der Waals surface area contributed by atoms with E-state index in [2.05, 4.69) is 0 Å². The molecule has 2 aromatic carbocycles. The zero-order chi connectivity index (χ0) is 18.6. The second-order valence-electron chi connectivity index (χ2n) is 6.61. The fourth-order valence-electron chi connectivity index (χ4n) is 2.27. The molecule has 0 saturated carbocycles. The first-order valence-electron chi connectivity index (χ1n) is 7.84. The number of ether oxygens (including phenoxy) is 2. The average Bonchev–Trinajstić information content (AvgIpc) is 2.51. The summed E-state index contributed by atoms with van der Waals surface area (Å²) in [5, 5.41) is 28.7. The molecule has 0 aliphatic heterocycles. The van der Waals surface area contributed by atoms with Crippen LogP contribution in [0.4, 0.5) is 0 Å². The van der Waals surface area contributed by atoms with Crippen LogP contribution in [0, 0.1) is 0 Å². The monoisotopic (exact) mass is 346 g/mol. The summed E-state index contributed by atoms with van der Waals surface area (Å²) >= 11 is 0. The predicted molar refractivity (Wildman–Crippen MR) is 92.4 cm³/mol. The van der Waals surface area contributed by atoms with Gasteiger partial charge in [-0.2, -0.15) is 0 Å². The maximum absolute atomic E-state index is 11.9. The van der Waals surface area contributed by atoms with Crippen molar-refractivity contribution in [3.63, 3.8) is 0 Å². The second-order valence-corrected chi connectivity index (χ2v) is 6.61. The molecule has 0 aliphatic rings. The van der Waals surface area contributed by atoms with Crippen LogP contribution >= 0.6 is 0 Å². The molecule has 0 bridgehead atoms. The zero-order valence-electron chi connectivity index (χ0n) is 14.4. The van der Waals surface area contributed by atoms with Gasteiger partial charge in [-0.3, -0.25) is 0 Å². The zero-order valence-corrected chi connectivity index (χ0v) is 14.4. The number of phenols is 3. The number of rotatable bonds is 5. The van der Waals surface area contributed by atoms with Gasteiger partial charge >= 0.3 is 5.97 Å². The van der Waals surface area contributed by atoms with Crippen LogP contribution in [-0.4, -0.2) is 34.5 Å². The number of phenolic OH excluding ortho intramolecular Hbond substituents is 3. The molecule has 6 nitrogen and oxygen atoms in total. The normalized spacial score (nSPS) is 11.2. The molecule has 0 radical (unpaired) electrons. The third kappa shape index (κ3) is 4.79. The molecule has 6 heteroatoms. The Bertz CT molecular complexity index is 761. The molecule has 3 N–H and O–H groups in total. The van der Waals surface area contributed by atoms with E-state index < -0.39 is 5.97 Å². The molecule has 0 atom stereocenters. The lowest BCUT2D eigenvalue weighted by Gasteiger charge is -2.21. The Morgan fingerprint density at radius 2 is 1.68 bits per heavy atom. The number of carbonyl (C=O) groups excluding carboxylic acids is 1. The van der Waals surface area contributed by atoms with Gasteiger partial charge in [0, 0.05) is 11.6 Å². The van der Waals surface area contributed by atoms with Crippen molar-refractivity contribution in [1.29, 1.82) is 0 Å². The largest absolute Gasteiger partial charge is 0.508 e. The molecule has 0 saturated heterocycles. The second kappa shape index (κ2) is 7.34. The quantitative estimate of drug-likeness (QED) is 0.568. The number of carbonyl (C=O) groups is 1. The summed E-state index contributed by atoms with van der Waals surface area (Å²) in [6.45, 7) is 6.07. The predicted octanol–water partition coefficient (Wildman–Crippen LogP) is 3.34. The Labute approximate surface area is 146 Å². The molecule has 0 heterocycles. The minimum Gasteiger partial charge on any atom is -0.508 e. The van der Waals surface area contributed by atoms with Gasteiger partial charge in [-0.05, 0) is 35.7 Å². The Balaban J connectivity index is 1.90. The van der Waals surface area contributed by atoms with Crippen molar-refractivity contribution in [2.45, 2.75) is 26.2 Å². The lowest BCUT2D eigenvalue weighted by atomic mass is 9.86. The van der Waals surface area contributed by atoms with Gasteiger partial charge in [-0.25, -0.2) is 4.79 Å². The standard InChI is InChI=1S/C19H22O6/c1-19(2,3)15-11-13(5-7-16(15)21)24-8-9-25-18(23)14-6-4-12(20)10-17(14)22/h4-7,10-11,20-22H,8-9H2,1-3H3. The van der Waals surface area contributed by atoms with Crippen LogP contribution in [0.15, 0.2) is 36.4 Å². The smallest absolute Gasteiger partial charge is 0.342 e. The van der Waals surface area contributed by atoms with Crippen LogP contribution < -0.4 is 4.74 Å². The lowest BCUT2D eigenvalue weighted by Crippen LogP contribution is -2.14. The van der Waals surface area contributed by atoms with Crippen molar-refractivity contribution in [3.8, 4) is 23.0 Å². The summed E-state index contributed by atoms with van der Waals surface area (Å²) in [4.78, 5) is 11.9. The molecule has 2 aromatic rings. The van der Waals surface area contributed by atoms with Gasteiger partial charge in [0.25, 0.3) is 0 Å². The van der Waals surface area contributed by atoms with Gasteiger partial charge < -0.3 is 24.8 Å².